The van der Waals surface area contributed by atoms with E-state index in [-0.39, 0.29) is 29.9 Å². The molecule has 4 aliphatic rings. The number of methoxy groups -OCH3 is 6. The predicted octanol–water partition coefficient (Wildman–Crippen LogP) is 4.53. The molecular weight excluding hydrogens is 674 g/mol. The topological polar surface area (TPSA) is 145 Å². The van der Waals surface area contributed by atoms with Gasteiger partial charge in [-0.3, -0.25) is 9.69 Å². The van der Waals surface area contributed by atoms with Crippen LogP contribution in [0.4, 0.5) is 10.5 Å². The molecule has 4 atom stereocenters. The summed E-state index contributed by atoms with van der Waals surface area (Å²) in [5.41, 5.74) is 3.22. The van der Waals surface area contributed by atoms with Crippen LogP contribution in [-0.4, -0.2) is 79.3 Å². The maximum Gasteiger partial charge on any atom is 0.415 e. The highest BCUT2D eigenvalue weighted by Crippen LogP contribution is 2.55. The van der Waals surface area contributed by atoms with Crippen LogP contribution in [-0.2, 0) is 33.3 Å². The van der Waals surface area contributed by atoms with Gasteiger partial charge in [0.1, 0.15) is 47.1 Å². The van der Waals surface area contributed by atoms with Gasteiger partial charge < -0.3 is 37.9 Å². The number of fused-ring (bicyclic) bond motifs is 2. The van der Waals surface area contributed by atoms with Gasteiger partial charge in [-0.2, -0.15) is 0 Å². The summed E-state index contributed by atoms with van der Waals surface area (Å²) in [4.78, 5) is 54.3. The average Bonchev–Trinajstić information content (AvgIpc) is 3.51. The van der Waals surface area contributed by atoms with Crippen LogP contribution in [0.15, 0.2) is 53.3 Å². The molecule has 1 amide bonds. The number of carbonyl (C=O) groups excluding carboxylic acids is 4. The van der Waals surface area contributed by atoms with Crippen LogP contribution in [0.2, 0.25) is 0 Å². The molecular formula is C39H35NO12. The van der Waals surface area contributed by atoms with Crippen molar-refractivity contribution in [3.8, 4) is 40.9 Å². The largest absolute Gasteiger partial charge is 0.499 e. The lowest BCUT2D eigenvalue weighted by atomic mass is 9.69. The minimum Gasteiger partial charge on any atom is -0.499 e. The number of nitrogens with zero attached hydrogens (tertiary/aromatic N) is 1. The van der Waals surface area contributed by atoms with Gasteiger partial charge in [0.15, 0.2) is 6.10 Å². The number of amides is 1. The van der Waals surface area contributed by atoms with Gasteiger partial charge in [0.05, 0.1) is 65.9 Å². The first kappa shape index (κ1) is 35.5. The second-order valence-corrected chi connectivity index (χ2v) is 11.8. The van der Waals surface area contributed by atoms with E-state index in [1.165, 1.54) is 47.6 Å². The average molecular weight is 710 g/mol. The molecule has 0 spiro atoms. The van der Waals surface area contributed by atoms with Crippen molar-refractivity contribution in [2.24, 2.45) is 11.8 Å². The molecule has 0 saturated heterocycles. The van der Waals surface area contributed by atoms with E-state index in [0.29, 0.717) is 50.8 Å². The lowest BCUT2D eigenvalue weighted by Crippen LogP contribution is -2.48. The van der Waals surface area contributed by atoms with Crippen molar-refractivity contribution >= 4 is 35.3 Å². The van der Waals surface area contributed by atoms with Crippen molar-refractivity contribution in [2.45, 2.75) is 25.5 Å². The second-order valence-electron chi connectivity index (χ2n) is 11.8. The van der Waals surface area contributed by atoms with Gasteiger partial charge >= 0.3 is 24.0 Å². The van der Waals surface area contributed by atoms with Crippen LogP contribution in [0.3, 0.4) is 0 Å². The highest BCUT2D eigenvalue weighted by molar-refractivity contribution is 6.04. The molecule has 52 heavy (non-hydrogen) atoms. The summed E-state index contributed by atoms with van der Waals surface area (Å²) in [5, 5.41) is 0. The number of carbonyl (C=O) groups is 4. The van der Waals surface area contributed by atoms with Gasteiger partial charge in [-0.1, -0.05) is 30.6 Å². The van der Waals surface area contributed by atoms with E-state index in [1.54, 1.807) is 43.3 Å². The van der Waals surface area contributed by atoms with Crippen molar-refractivity contribution < 1.29 is 57.1 Å². The van der Waals surface area contributed by atoms with Crippen LogP contribution in [0, 0.1) is 35.5 Å². The summed E-state index contributed by atoms with van der Waals surface area (Å²) >= 11 is 0. The summed E-state index contributed by atoms with van der Waals surface area (Å²) in [6.07, 6.45) is 1.04. The van der Waals surface area contributed by atoms with Crippen LogP contribution < -0.4 is 19.1 Å². The van der Waals surface area contributed by atoms with Crippen molar-refractivity contribution in [2.75, 3.05) is 54.2 Å². The molecule has 1 unspecified atom stereocenters. The first-order chi connectivity index (χ1) is 25.1. The van der Waals surface area contributed by atoms with Gasteiger partial charge in [-0.05, 0) is 47.6 Å². The third kappa shape index (κ3) is 5.74. The fraction of sp³-hybridized carbons (Fsp3) is 0.333. The van der Waals surface area contributed by atoms with Crippen LogP contribution >= 0.6 is 0 Å². The molecule has 13 heteroatoms. The molecule has 2 aliphatic carbocycles. The predicted molar refractivity (Wildman–Crippen MR) is 184 cm³/mol. The molecule has 2 aromatic carbocycles. The normalized spacial score (nSPS) is 21.1. The molecule has 0 N–H and O–H groups in total. The number of anilines is 1. The van der Waals surface area contributed by atoms with E-state index in [2.05, 4.69) is 23.7 Å². The summed E-state index contributed by atoms with van der Waals surface area (Å²) < 4.78 is 44.6. The Labute approximate surface area is 300 Å². The Morgan fingerprint density at radius 1 is 0.865 bits per heavy atom. The van der Waals surface area contributed by atoms with Gasteiger partial charge in [0.2, 0.25) is 0 Å². The first-order valence-corrected chi connectivity index (χ1v) is 16.1. The highest BCUT2D eigenvalue weighted by Gasteiger charge is 2.49. The number of esters is 3. The Morgan fingerprint density at radius 3 is 2.21 bits per heavy atom. The van der Waals surface area contributed by atoms with E-state index >= 15 is 0 Å². The SMILES string of the molecule is COC(=O)CCOC(=O)N1c2cc(C3OC(=O)c4c(OC)ccc(OC)c43)c(OC)cc2C2=C3[C@@H](C)C(C(=O)OC)=C(OC)[C@H]2C#C/C=C\C#C[C@@H]31. The fourth-order valence-electron chi connectivity index (χ4n) is 7.09. The maximum absolute atomic E-state index is 14.3. The summed E-state index contributed by atoms with van der Waals surface area (Å²) in [6.45, 7) is 1.51. The second kappa shape index (κ2) is 14.5. The summed E-state index contributed by atoms with van der Waals surface area (Å²) in [5.74, 6) is 10.3. The lowest BCUT2D eigenvalue weighted by molar-refractivity contribution is -0.141. The van der Waals surface area contributed by atoms with E-state index in [4.69, 9.17) is 37.9 Å². The molecule has 13 nitrogen and oxygen atoms in total. The quantitative estimate of drug-likeness (QED) is 0.205. The standard InChI is InChI=1S/C39H35NO12/c1-20-30-24-13-11-9-8-10-12-21(35(49-6)31(20)37(42)50-7)32(30)22-19-28(47-4)23(18-25(22)40(24)39(44)51-17-16-29(41)48-5)36-33-26(45-2)14-15-27(46-3)34(33)38(43)52-36/h8-9,14-15,18-21,24,36H,16-17H2,1-7H3/b9-8-/t20-,21+,24+,36?/m1/s1. The number of rotatable bonds is 9. The zero-order valence-corrected chi connectivity index (χ0v) is 29.5. The molecule has 0 radical (unpaired) electrons. The van der Waals surface area contributed by atoms with Crippen molar-refractivity contribution in [3.05, 3.63) is 75.6 Å². The van der Waals surface area contributed by atoms with E-state index in [9.17, 15) is 19.2 Å². The van der Waals surface area contributed by atoms with E-state index < -0.39 is 48.0 Å². The van der Waals surface area contributed by atoms with E-state index in [1.807, 2.05) is 0 Å². The molecule has 2 aromatic rings. The van der Waals surface area contributed by atoms with Crippen molar-refractivity contribution in [1.29, 1.82) is 0 Å². The van der Waals surface area contributed by atoms with Crippen molar-refractivity contribution in [1.82, 2.24) is 0 Å². The Hall–Kier alpha value is -6.34. The number of cyclic esters (lactones) is 1. The molecule has 0 aromatic heterocycles. The minimum atomic E-state index is -1.05. The number of hydrogen-bond donors (Lipinski definition) is 0. The molecule has 0 saturated carbocycles. The van der Waals surface area contributed by atoms with Crippen LogP contribution in [0.1, 0.15) is 46.5 Å². The van der Waals surface area contributed by atoms with E-state index in [0.717, 1.165) is 0 Å². The first-order valence-electron chi connectivity index (χ1n) is 16.1. The lowest BCUT2D eigenvalue weighted by Gasteiger charge is -2.43. The van der Waals surface area contributed by atoms with Gasteiger partial charge in [0, 0.05) is 17.0 Å². The number of allylic oxidation sites excluding steroid dienone is 3. The zero-order chi connectivity index (χ0) is 37.3. The smallest absolute Gasteiger partial charge is 0.415 e. The summed E-state index contributed by atoms with van der Waals surface area (Å²) in [7, 11) is 8.35. The Bertz CT molecular complexity index is 2100. The molecule has 2 aliphatic heterocycles. The van der Waals surface area contributed by atoms with Crippen LogP contribution in [0.5, 0.6) is 17.2 Å². The van der Waals surface area contributed by atoms with Gasteiger partial charge in [0.25, 0.3) is 0 Å². The van der Waals surface area contributed by atoms with Gasteiger partial charge in [-0.15, -0.1) is 0 Å². The minimum absolute atomic E-state index is 0.190. The van der Waals surface area contributed by atoms with Crippen LogP contribution in [0.25, 0.3) is 5.57 Å². The van der Waals surface area contributed by atoms with Crippen molar-refractivity contribution in [3.63, 3.8) is 0 Å². The number of benzene rings is 2. The molecule has 6 rings (SSSR count). The highest BCUT2D eigenvalue weighted by atomic mass is 16.6. The third-order valence-corrected chi connectivity index (χ3v) is 9.34. The monoisotopic (exact) mass is 709 g/mol. The van der Waals surface area contributed by atoms with Gasteiger partial charge in [-0.25, -0.2) is 14.4 Å². The number of ether oxygens (including phenoxy) is 8. The molecule has 0 fully saturated rings. The zero-order valence-electron chi connectivity index (χ0n) is 29.5. The molecule has 4 bridgehead atoms. The summed E-state index contributed by atoms with van der Waals surface area (Å²) in [6, 6.07) is 5.66. The molecule has 2 heterocycles. The third-order valence-electron chi connectivity index (χ3n) is 9.34. The fourth-order valence-corrected chi connectivity index (χ4v) is 7.09. The molecule has 268 valence electrons. The Kier molecular flexibility index (Phi) is 9.89. The Balaban J connectivity index is 1.65. The maximum atomic E-state index is 14.3. The number of hydrogen-bond acceptors (Lipinski definition) is 12. The Morgan fingerprint density at radius 2 is 1.56 bits per heavy atom.